The fraction of sp³-hybridized carbons (Fsp3) is 0.667. The molecule has 112 valence electrons. The van der Waals surface area contributed by atoms with Gasteiger partial charge in [0.2, 0.25) is 0 Å². The molecule has 1 aromatic heterocycles. The summed E-state index contributed by atoms with van der Waals surface area (Å²) in [4.78, 5) is 12.5. The first-order chi connectivity index (χ1) is 9.23. The molecule has 0 aliphatic carbocycles. The summed E-state index contributed by atoms with van der Waals surface area (Å²) in [7, 11) is 0. The average molecular weight is 342 g/mol. The third-order valence-corrected chi connectivity index (χ3v) is 3.54. The molecule has 1 N–H and O–H groups in total. The molecule has 0 saturated carbocycles. The largest absolute Gasteiger partial charge is 0.351 e. The number of nitrogens with zero attached hydrogens (tertiary/aromatic N) is 2. The SMILES string of the molecule is CCc1nnc(C)cc1C(=O)NCC(Br)CC(C)(C)C. The Hall–Kier alpha value is -0.970. The van der Waals surface area contributed by atoms with Crippen LogP contribution in [0.25, 0.3) is 0 Å². The number of carbonyl (C=O) groups excluding carboxylic acids is 1. The Morgan fingerprint density at radius 3 is 2.60 bits per heavy atom. The first-order valence-corrected chi connectivity index (χ1v) is 7.90. The minimum atomic E-state index is -0.0711. The van der Waals surface area contributed by atoms with Crippen molar-refractivity contribution in [1.82, 2.24) is 15.5 Å². The predicted molar refractivity (Wildman–Crippen MR) is 85.3 cm³/mol. The molecule has 1 amide bonds. The molecule has 0 aromatic carbocycles. The van der Waals surface area contributed by atoms with Crippen molar-refractivity contribution in [3.63, 3.8) is 0 Å². The molecule has 0 spiro atoms. The van der Waals surface area contributed by atoms with Gasteiger partial charge in [0.15, 0.2) is 0 Å². The van der Waals surface area contributed by atoms with Gasteiger partial charge in [0, 0.05) is 11.4 Å². The zero-order chi connectivity index (χ0) is 15.3. The van der Waals surface area contributed by atoms with Crippen LogP contribution in [0, 0.1) is 12.3 Å². The number of rotatable bonds is 5. The zero-order valence-corrected chi connectivity index (χ0v) is 14.5. The Morgan fingerprint density at radius 2 is 2.05 bits per heavy atom. The lowest BCUT2D eigenvalue weighted by atomic mass is 9.90. The number of carbonyl (C=O) groups is 1. The second kappa shape index (κ2) is 7.16. The van der Waals surface area contributed by atoms with Crippen LogP contribution in [-0.4, -0.2) is 27.5 Å². The van der Waals surface area contributed by atoms with E-state index in [2.05, 4.69) is 52.2 Å². The number of hydrogen-bond acceptors (Lipinski definition) is 3. The number of aryl methyl sites for hydroxylation is 2. The van der Waals surface area contributed by atoms with Crippen LogP contribution in [0.5, 0.6) is 0 Å². The molecule has 1 rings (SSSR count). The number of alkyl halides is 1. The standard InChI is InChI=1S/C15H24BrN3O/c1-6-13-12(7-10(2)18-19-13)14(20)17-9-11(16)8-15(3,4)5/h7,11H,6,8-9H2,1-5H3,(H,17,20). The highest BCUT2D eigenvalue weighted by Gasteiger charge is 2.18. The molecular weight excluding hydrogens is 318 g/mol. The van der Waals surface area contributed by atoms with E-state index in [1.807, 2.05) is 13.8 Å². The van der Waals surface area contributed by atoms with Crippen LogP contribution < -0.4 is 5.32 Å². The van der Waals surface area contributed by atoms with Crippen LogP contribution in [0.1, 0.15) is 55.9 Å². The molecule has 0 bridgehead atoms. The van der Waals surface area contributed by atoms with E-state index in [4.69, 9.17) is 0 Å². The summed E-state index contributed by atoms with van der Waals surface area (Å²) in [6, 6.07) is 1.80. The number of halogens is 1. The highest BCUT2D eigenvalue weighted by atomic mass is 79.9. The van der Waals surface area contributed by atoms with Crippen LogP contribution in [0.2, 0.25) is 0 Å². The Morgan fingerprint density at radius 1 is 1.40 bits per heavy atom. The second-order valence-electron chi connectivity index (χ2n) is 6.27. The summed E-state index contributed by atoms with van der Waals surface area (Å²) >= 11 is 3.62. The Labute approximate surface area is 129 Å². The van der Waals surface area contributed by atoms with Crippen molar-refractivity contribution >= 4 is 21.8 Å². The molecule has 4 nitrogen and oxygen atoms in total. The van der Waals surface area contributed by atoms with Gasteiger partial charge in [-0.25, -0.2) is 0 Å². The van der Waals surface area contributed by atoms with Crippen molar-refractivity contribution < 1.29 is 4.79 Å². The smallest absolute Gasteiger partial charge is 0.253 e. The molecule has 0 saturated heterocycles. The molecule has 0 fully saturated rings. The van der Waals surface area contributed by atoms with Crippen molar-refractivity contribution in [1.29, 1.82) is 0 Å². The minimum absolute atomic E-state index is 0.0711. The first kappa shape index (κ1) is 17.1. The highest BCUT2D eigenvalue weighted by molar-refractivity contribution is 9.09. The van der Waals surface area contributed by atoms with Gasteiger partial charge in [0.1, 0.15) is 0 Å². The van der Waals surface area contributed by atoms with Gasteiger partial charge >= 0.3 is 0 Å². The molecule has 1 atom stereocenters. The Bertz CT molecular complexity index is 469. The fourth-order valence-electron chi connectivity index (χ4n) is 2.01. The zero-order valence-electron chi connectivity index (χ0n) is 13.0. The summed E-state index contributed by atoms with van der Waals surface area (Å²) in [5.41, 5.74) is 2.38. The lowest BCUT2D eigenvalue weighted by molar-refractivity contribution is 0.0950. The number of hydrogen-bond donors (Lipinski definition) is 1. The van der Waals surface area contributed by atoms with E-state index < -0.39 is 0 Å². The summed E-state index contributed by atoms with van der Waals surface area (Å²) in [6.07, 6.45) is 1.71. The van der Waals surface area contributed by atoms with Crippen LogP contribution >= 0.6 is 15.9 Å². The van der Waals surface area contributed by atoms with Gasteiger partial charge < -0.3 is 5.32 Å². The maximum absolute atomic E-state index is 12.2. The van der Waals surface area contributed by atoms with Crippen molar-refractivity contribution in [2.45, 2.75) is 52.3 Å². The van der Waals surface area contributed by atoms with Crippen LogP contribution in [0.4, 0.5) is 0 Å². The average Bonchev–Trinajstić information content (AvgIpc) is 2.33. The molecular formula is C15H24BrN3O. The van der Waals surface area contributed by atoms with Gasteiger partial charge in [-0.3, -0.25) is 4.79 Å². The van der Waals surface area contributed by atoms with Crippen molar-refractivity contribution in [3.8, 4) is 0 Å². The van der Waals surface area contributed by atoms with Gasteiger partial charge in [-0.05, 0) is 31.2 Å². The summed E-state index contributed by atoms with van der Waals surface area (Å²) in [6.45, 7) is 11.0. The molecule has 0 aliphatic rings. The van der Waals surface area contributed by atoms with E-state index in [0.717, 1.165) is 17.8 Å². The lowest BCUT2D eigenvalue weighted by Crippen LogP contribution is -2.32. The Kier molecular flexibility index (Phi) is 6.11. The van der Waals surface area contributed by atoms with Crippen molar-refractivity contribution in [3.05, 3.63) is 23.0 Å². The van der Waals surface area contributed by atoms with Crippen molar-refractivity contribution in [2.75, 3.05) is 6.54 Å². The first-order valence-electron chi connectivity index (χ1n) is 6.98. The molecule has 0 aliphatic heterocycles. The normalized spacial score (nSPS) is 13.1. The van der Waals surface area contributed by atoms with Gasteiger partial charge in [0.25, 0.3) is 5.91 Å². The predicted octanol–water partition coefficient (Wildman–Crippen LogP) is 3.28. The molecule has 0 radical (unpaired) electrons. The fourth-order valence-corrected chi connectivity index (χ4v) is 3.14. The number of amides is 1. The van der Waals surface area contributed by atoms with E-state index in [9.17, 15) is 4.79 Å². The maximum atomic E-state index is 12.2. The van der Waals surface area contributed by atoms with Gasteiger partial charge in [-0.1, -0.05) is 43.6 Å². The monoisotopic (exact) mass is 341 g/mol. The molecule has 20 heavy (non-hydrogen) atoms. The summed E-state index contributed by atoms with van der Waals surface area (Å²) in [5, 5.41) is 11.0. The van der Waals surface area contributed by atoms with Crippen molar-refractivity contribution in [2.24, 2.45) is 5.41 Å². The van der Waals surface area contributed by atoms with E-state index in [-0.39, 0.29) is 16.1 Å². The summed E-state index contributed by atoms with van der Waals surface area (Å²) < 4.78 is 0. The van der Waals surface area contributed by atoms with Crippen LogP contribution in [-0.2, 0) is 6.42 Å². The van der Waals surface area contributed by atoms with Gasteiger partial charge in [-0.15, -0.1) is 0 Å². The third-order valence-electron chi connectivity index (χ3n) is 2.89. The second-order valence-corrected chi connectivity index (χ2v) is 7.57. The van der Waals surface area contributed by atoms with Gasteiger partial charge in [-0.2, -0.15) is 10.2 Å². The maximum Gasteiger partial charge on any atom is 0.253 e. The third kappa shape index (κ3) is 5.57. The molecule has 5 heteroatoms. The lowest BCUT2D eigenvalue weighted by Gasteiger charge is -2.22. The van der Waals surface area contributed by atoms with E-state index in [1.54, 1.807) is 6.07 Å². The molecule has 1 unspecified atom stereocenters. The number of nitrogens with one attached hydrogen (secondary N) is 1. The number of aromatic nitrogens is 2. The summed E-state index contributed by atoms with van der Waals surface area (Å²) in [5.74, 6) is -0.0711. The minimum Gasteiger partial charge on any atom is -0.351 e. The quantitative estimate of drug-likeness (QED) is 0.836. The van der Waals surface area contributed by atoms with E-state index >= 15 is 0 Å². The Balaban J connectivity index is 2.65. The topological polar surface area (TPSA) is 54.9 Å². The molecule has 1 aromatic rings. The van der Waals surface area contributed by atoms with Gasteiger partial charge in [0.05, 0.1) is 17.0 Å². The van der Waals surface area contributed by atoms with Crippen LogP contribution in [0.15, 0.2) is 6.07 Å². The highest BCUT2D eigenvalue weighted by Crippen LogP contribution is 2.24. The van der Waals surface area contributed by atoms with Crippen LogP contribution in [0.3, 0.4) is 0 Å². The molecule has 1 heterocycles. The van der Waals surface area contributed by atoms with E-state index in [1.165, 1.54) is 0 Å². The van der Waals surface area contributed by atoms with E-state index in [0.29, 0.717) is 18.5 Å².